The maximum Gasteiger partial charge on any atom is 0.245 e. The summed E-state index contributed by atoms with van der Waals surface area (Å²) in [4.78, 5) is 26.0. The number of aliphatic hydroxyl groups is 4. The SMILES string of the molecule is CCC(C)C1=C(Cc2ccc(/C=C/C(C)(C)C(=O)NC(C)(C)C(=O)NCC(C)(C)N)cc2C)C=C([C@@H]2O[C@H](CO)C[C@H](O)[C@H]2O)C(O)C1C. The van der Waals surface area contributed by atoms with Crippen molar-refractivity contribution in [1.82, 2.24) is 10.6 Å². The van der Waals surface area contributed by atoms with Gasteiger partial charge in [-0.1, -0.05) is 62.8 Å². The number of carbonyl (C=O) groups is 2. The van der Waals surface area contributed by atoms with Gasteiger partial charge >= 0.3 is 0 Å². The van der Waals surface area contributed by atoms with Crippen LogP contribution in [0.5, 0.6) is 0 Å². The zero-order chi connectivity index (χ0) is 37.1. The van der Waals surface area contributed by atoms with Gasteiger partial charge in [0.05, 0.1) is 30.3 Å². The molecule has 3 unspecified atom stereocenters. The van der Waals surface area contributed by atoms with E-state index in [0.717, 1.165) is 34.3 Å². The summed E-state index contributed by atoms with van der Waals surface area (Å²) in [6, 6.07) is 6.14. The number of amides is 2. The Morgan fingerprint density at radius 2 is 1.76 bits per heavy atom. The van der Waals surface area contributed by atoms with Crippen LogP contribution in [0.3, 0.4) is 0 Å². The molecular formula is C39H61N3O7. The third kappa shape index (κ3) is 10.1. The topological polar surface area (TPSA) is 174 Å². The molecule has 10 nitrogen and oxygen atoms in total. The lowest BCUT2D eigenvalue weighted by Crippen LogP contribution is -2.59. The largest absolute Gasteiger partial charge is 0.394 e. The molecule has 0 spiro atoms. The van der Waals surface area contributed by atoms with Crippen LogP contribution in [-0.2, 0) is 20.7 Å². The highest BCUT2D eigenvalue weighted by Crippen LogP contribution is 2.41. The quantitative estimate of drug-likeness (QED) is 0.166. The van der Waals surface area contributed by atoms with E-state index < -0.39 is 47.0 Å². The predicted octanol–water partition coefficient (Wildman–Crippen LogP) is 3.48. The summed E-state index contributed by atoms with van der Waals surface area (Å²) >= 11 is 0. The van der Waals surface area contributed by atoms with Crippen LogP contribution in [0.2, 0.25) is 0 Å². The summed E-state index contributed by atoms with van der Waals surface area (Å²) in [5, 5.41) is 48.2. The normalized spacial score (nSPS) is 26.1. The Balaban J connectivity index is 1.85. The number of benzene rings is 1. The molecule has 1 aromatic rings. The zero-order valence-corrected chi connectivity index (χ0v) is 31.1. The van der Waals surface area contributed by atoms with Gasteiger partial charge in [-0.05, 0) is 95.1 Å². The van der Waals surface area contributed by atoms with Crippen LogP contribution in [-0.4, -0.2) is 87.0 Å². The van der Waals surface area contributed by atoms with Crippen LogP contribution >= 0.6 is 0 Å². The Morgan fingerprint density at radius 1 is 1.10 bits per heavy atom. The van der Waals surface area contributed by atoms with E-state index in [4.69, 9.17) is 10.5 Å². The van der Waals surface area contributed by atoms with Gasteiger partial charge in [0.15, 0.2) is 0 Å². The summed E-state index contributed by atoms with van der Waals surface area (Å²) in [6.07, 6.45) is 2.54. The van der Waals surface area contributed by atoms with Crippen molar-refractivity contribution in [2.45, 2.75) is 130 Å². The number of hydrogen-bond acceptors (Lipinski definition) is 8. The summed E-state index contributed by atoms with van der Waals surface area (Å²) in [5.41, 5.74) is 9.18. The summed E-state index contributed by atoms with van der Waals surface area (Å²) in [7, 11) is 0. The van der Waals surface area contributed by atoms with Gasteiger partial charge in [0.2, 0.25) is 11.8 Å². The van der Waals surface area contributed by atoms with Gasteiger partial charge in [-0.3, -0.25) is 9.59 Å². The lowest BCUT2D eigenvalue weighted by molar-refractivity contribution is -0.168. The predicted molar refractivity (Wildman–Crippen MR) is 193 cm³/mol. The van der Waals surface area contributed by atoms with E-state index >= 15 is 0 Å². The van der Waals surface area contributed by atoms with Crippen molar-refractivity contribution in [2.24, 2.45) is 23.0 Å². The van der Waals surface area contributed by atoms with E-state index in [2.05, 4.69) is 36.6 Å². The van der Waals surface area contributed by atoms with Crippen molar-refractivity contribution in [2.75, 3.05) is 13.2 Å². The van der Waals surface area contributed by atoms with Crippen molar-refractivity contribution in [3.05, 3.63) is 63.8 Å². The molecule has 8 N–H and O–H groups in total. The van der Waals surface area contributed by atoms with E-state index in [0.29, 0.717) is 12.0 Å². The molecule has 1 fully saturated rings. The molecule has 49 heavy (non-hydrogen) atoms. The van der Waals surface area contributed by atoms with Gasteiger partial charge in [0.25, 0.3) is 0 Å². The monoisotopic (exact) mass is 683 g/mol. The average molecular weight is 684 g/mol. The molecular weight excluding hydrogens is 622 g/mol. The van der Waals surface area contributed by atoms with Crippen molar-refractivity contribution in [3.63, 3.8) is 0 Å². The fourth-order valence-corrected chi connectivity index (χ4v) is 6.49. The molecule has 0 saturated carbocycles. The van der Waals surface area contributed by atoms with Crippen molar-refractivity contribution in [3.8, 4) is 0 Å². The molecule has 0 bridgehead atoms. The Hall–Kier alpha value is -2.86. The molecule has 10 heteroatoms. The number of carbonyl (C=O) groups excluding carboxylic acids is 2. The second-order valence-electron chi connectivity index (χ2n) is 16.0. The summed E-state index contributed by atoms with van der Waals surface area (Å²) in [5.74, 6) is -0.609. The highest BCUT2D eigenvalue weighted by atomic mass is 16.5. The summed E-state index contributed by atoms with van der Waals surface area (Å²) < 4.78 is 6.00. The molecule has 2 amide bonds. The van der Waals surface area contributed by atoms with Crippen LogP contribution in [0.1, 0.15) is 91.8 Å². The Morgan fingerprint density at radius 3 is 2.33 bits per heavy atom. The molecule has 7 atom stereocenters. The number of aryl methyl sites for hydroxylation is 1. The molecule has 1 saturated heterocycles. The number of aliphatic hydroxyl groups excluding tert-OH is 4. The minimum Gasteiger partial charge on any atom is -0.394 e. The fourth-order valence-electron chi connectivity index (χ4n) is 6.49. The number of ether oxygens (including phenoxy) is 1. The molecule has 1 aliphatic carbocycles. The van der Waals surface area contributed by atoms with Gasteiger partial charge in [0, 0.05) is 24.4 Å². The maximum absolute atomic E-state index is 13.3. The highest BCUT2D eigenvalue weighted by molar-refractivity contribution is 5.93. The van der Waals surface area contributed by atoms with E-state index in [1.165, 1.54) is 0 Å². The first-order valence-corrected chi connectivity index (χ1v) is 17.5. The zero-order valence-electron chi connectivity index (χ0n) is 31.1. The first-order valence-electron chi connectivity index (χ1n) is 17.5. The first-order chi connectivity index (χ1) is 22.6. The highest BCUT2D eigenvalue weighted by Gasteiger charge is 2.43. The Bertz CT molecular complexity index is 1440. The molecule has 3 rings (SSSR count). The second-order valence-corrected chi connectivity index (χ2v) is 16.0. The second kappa shape index (κ2) is 16.0. The minimum atomic E-state index is -1.21. The molecule has 0 radical (unpaired) electrons. The third-order valence-electron chi connectivity index (χ3n) is 9.96. The van der Waals surface area contributed by atoms with E-state index in [1.807, 2.05) is 52.0 Å². The molecule has 1 heterocycles. The van der Waals surface area contributed by atoms with Crippen LogP contribution in [0.4, 0.5) is 0 Å². The van der Waals surface area contributed by atoms with Crippen LogP contribution in [0.15, 0.2) is 47.1 Å². The van der Waals surface area contributed by atoms with Crippen LogP contribution in [0, 0.1) is 24.2 Å². The standard InChI is InChI=1S/C39H61N3O7/c1-11-22(2)31-24(4)32(45)29(34-33(46)30(44)19-28(20-43)49-34)18-27(31)17-26-13-12-25(16-23(26)3)14-15-37(5,6)35(47)42-39(9,10)36(48)41-21-38(7,8)40/h12-16,18,22,24,28,30,32-34,43-46H,11,17,19-21,40H2,1-10H3,(H,41,48)(H,42,47)/b15-14+/t22?,24?,28-,30-,32?,33+,34-/m0/s1. The van der Waals surface area contributed by atoms with Gasteiger partial charge < -0.3 is 41.5 Å². The lowest BCUT2D eigenvalue weighted by Gasteiger charge is -2.42. The fraction of sp³-hybridized carbons (Fsp3) is 0.641. The third-order valence-corrected chi connectivity index (χ3v) is 9.96. The Kier molecular flexibility index (Phi) is 13.2. The minimum absolute atomic E-state index is 0.124. The van der Waals surface area contributed by atoms with Gasteiger partial charge in [-0.25, -0.2) is 0 Å². The van der Waals surface area contributed by atoms with Crippen molar-refractivity contribution < 1.29 is 34.8 Å². The number of hydrogen-bond donors (Lipinski definition) is 7. The van der Waals surface area contributed by atoms with Gasteiger partial charge in [-0.2, -0.15) is 0 Å². The maximum atomic E-state index is 13.3. The van der Waals surface area contributed by atoms with Crippen LogP contribution in [0.25, 0.3) is 6.08 Å². The van der Waals surface area contributed by atoms with Gasteiger partial charge in [-0.15, -0.1) is 0 Å². The lowest BCUT2D eigenvalue weighted by atomic mass is 9.72. The van der Waals surface area contributed by atoms with E-state index in [1.54, 1.807) is 27.7 Å². The van der Waals surface area contributed by atoms with E-state index in [9.17, 15) is 30.0 Å². The number of nitrogens with one attached hydrogen (secondary N) is 2. The molecule has 2 aliphatic rings. The molecule has 1 aliphatic heterocycles. The average Bonchev–Trinajstić information content (AvgIpc) is 3.02. The molecule has 0 aromatic heterocycles. The van der Waals surface area contributed by atoms with Gasteiger partial charge in [0.1, 0.15) is 17.7 Å². The molecule has 274 valence electrons. The smallest absolute Gasteiger partial charge is 0.245 e. The molecule has 1 aromatic carbocycles. The van der Waals surface area contributed by atoms with Crippen LogP contribution < -0.4 is 16.4 Å². The number of allylic oxidation sites excluding steroid dienone is 2. The van der Waals surface area contributed by atoms with Crippen molar-refractivity contribution in [1.29, 1.82) is 0 Å². The number of nitrogens with two attached hydrogens (primary N) is 1. The first kappa shape index (κ1) is 40.6. The van der Waals surface area contributed by atoms with Crippen molar-refractivity contribution >= 4 is 17.9 Å². The summed E-state index contributed by atoms with van der Waals surface area (Å²) in [6.45, 7) is 18.9. The Labute approximate surface area is 292 Å². The number of rotatable bonds is 13. The van der Waals surface area contributed by atoms with E-state index in [-0.39, 0.29) is 43.2 Å².